The Morgan fingerprint density at radius 1 is 1.08 bits per heavy atom. The van der Waals surface area contributed by atoms with Crippen LogP contribution in [0.25, 0.3) is 0 Å². The van der Waals surface area contributed by atoms with E-state index in [1.165, 1.54) is 12.8 Å². The van der Waals surface area contributed by atoms with E-state index >= 15 is 0 Å². The Morgan fingerprint density at radius 3 is 1.75 bits per heavy atom. The van der Waals surface area contributed by atoms with Crippen molar-refractivity contribution in [1.29, 1.82) is 0 Å². The lowest BCUT2D eigenvalue weighted by Gasteiger charge is -2.50. The zero-order valence-electron chi connectivity index (χ0n) is 9.57. The molecule has 0 saturated heterocycles. The molecule has 0 aromatic heterocycles. The third-order valence-corrected chi connectivity index (χ3v) is 10.7. The predicted octanol–water partition coefficient (Wildman–Crippen LogP) is 4.30. The van der Waals surface area contributed by atoms with Crippen LogP contribution in [0.4, 0.5) is 0 Å². The quantitative estimate of drug-likeness (QED) is 0.533. The van der Waals surface area contributed by atoms with Gasteiger partial charge < -0.3 is 0 Å². The molecule has 0 amide bonds. The smallest absolute Gasteiger partial charge is 0.0559 e. The molecule has 0 atom stereocenters. The van der Waals surface area contributed by atoms with Crippen molar-refractivity contribution in [2.24, 2.45) is 5.92 Å². The summed E-state index contributed by atoms with van der Waals surface area (Å²) in [5.74, 6) is 1.02. The van der Waals surface area contributed by atoms with Crippen LogP contribution in [0.2, 0.25) is 23.7 Å². The van der Waals surface area contributed by atoms with Crippen LogP contribution < -0.4 is 0 Å². The highest BCUT2D eigenvalue weighted by atomic mass is 28.3. The van der Waals surface area contributed by atoms with Crippen LogP contribution in [0, 0.1) is 5.92 Å². The maximum atomic E-state index is 2.57. The van der Waals surface area contributed by atoms with Crippen molar-refractivity contribution in [2.75, 3.05) is 0 Å². The van der Waals surface area contributed by atoms with Crippen LogP contribution in [0.1, 0.15) is 40.5 Å². The average molecular weight is 184 g/mol. The van der Waals surface area contributed by atoms with E-state index in [0.29, 0.717) is 5.04 Å². The van der Waals surface area contributed by atoms with Crippen LogP contribution in [0.3, 0.4) is 0 Å². The number of rotatable bonds is 1. The summed E-state index contributed by atoms with van der Waals surface area (Å²) < 4.78 is 0. The summed E-state index contributed by atoms with van der Waals surface area (Å²) in [6, 6.07) is 0. The summed E-state index contributed by atoms with van der Waals surface area (Å²) in [5, 5.41) is 0.595. The molecule has 0 radical (unpaired) electrons. The van der Waals surface area contributed by atoms with Crippen molar-refractivity contribution in [1.82, 2.24) is 0 Å². The summed E-state index contributed by atoms with van der Waals surface area (Å²) in [6.45, 7) is 14.8. The van der Waals surface area contributed by atoms with Gasteiger partial charge in [-0.2, -0.15) is 0 Å². The van der Waals surface area contributed by atoms with E-state index in [4.69, 9.17) is 0 Å². The van der Waals surface area contributed by atoms with Gasteiger partial charge in [0.15, 0.2) is 0 Å². The Morgan fingerprint density at radius 2 is 1.50 bits per heavy atom. The molecule has 12 heavy (non-hydrogen) atoms. The van der Waals surface area contributed by atoms with Crippen LogP contribution >= 0.6 is 0 Å². The van der Waals surface area contributed by atoms with E-state index in [9.17, 15) is 0 Å². The molecular formula is C11H24Si. The minimum atomic E-state index is -0.963. The highest BCUT2D eigenvalue weighted by Gasteiger charge is 2.46. The molecule has 0 aromatic carbocycles. The molecule has 1 saturated carbocycles. The van der Waals surface area contributed by atoms with Crippen LogP contribution in [-0.4, -0.2) is 8.07 Å². The third kappa shape index (κ3) is 1.61. The Bertz CT molecular complexity index is 158. The SMILES string of the molecule is CC1CC([Si](C)(C)C(C)(C)C)C1. The van der Waals surface area contributed by atoms with Crippen molar-refractivity contribution in [2.45, 2.75) is 64.2 Å². The fourth-order valence-corrected chi connectivity index (χ4v) is 5.31. The van der Waals surface area contributed by atoms with E-state index in [0.717, 1.165) is 11.5 Å². The van der Waals surface area contributed by atoms with Gasteiger partial charge in [-0.3, -0.25) is 0 Å². The second kappa shape index (κ2) is 2.86. The van der Waals surface area contributed by atoms with Gasteiger partial charge in [0, 0.05) is 0 Å². The van der Waals surface area contributed by atoms with Crippen molar-refractivity contribution < 1.29 is 0 Å². The Balaban J connectivity index is 2.61. The second-order valence-corrected chi connectivity index (χ2v) is 12.0. The third-order valence-electron chi connectivity index (χ3n) is 4.33. The predicted molar refractivity (Wildman–Crippen MR) is 59.3 cm³/mol. The molecule has 1 fully saturated rings. The standard InChI is InChI=1S/C11H24Si/c1-9-7-10(8-9)12(5,6)11(2,3)4/h9-10H,7-8H2,1-6H3. The van der Waals surface area contributed by atoms with Gasteiger partial charge in [-0.1, -0.05) is 53.6 Å². The minimum absolute atomic E-state index is 0.595. The zero-order valence-corrected chi connectivity index (χ0v) is 10.6. The van der Waals surface area contributed by atoms with Gasteiger partial charge in [0.2, 0.25) is 0 Å². The topological polar surface area (TPSA) is 0 Å². The van der Waals surface area contributed by atoms with Crippen LogP contribution in [0.15, 0.2) is 0 Å². The summed E-state index contributed by atoms with van der Waals surface area (Å²) in [4.78, 5) is 0. The molecule has 0 bridgehead atoms. The van der Waals surface area contributed by atoms with Crippen molar-refractivity contribution >= 4 is 8.07 Å². The second-order valence-electron chi connectivity index (χ2n) is 6.25. The number of hydrogen-bond acceptors (Lipinski definition) is 0. The van der Waals surface area contributed by atoms with Gasteiger partial charge in [0.1, 0.15) is 0 Å². The van der Waals surface area contributed by atoms with E-state index in [2.05, 4.69) is 40.8 Å². The zero-order chi connectivity index (χ0) is 9.57. The van der Waals surface area contributed by atoms with Gasteiger partial charge in [0.05, 0.1) is 8.07 Å². The van der Waals surface area contributed by atoms with Crippen LogP contribution in [-0.2, 0) is 0 Å². The Kier molecular flexibility index (Phi) is 2.46. The van der Waals surface area contributed by atoms with Crippen molar-refractivity contribution in [3.63, 3.8) is 0 Å². The van der Waals surface area contributed by atoms with Gasteiger partial charge in [-0.25, -0.2) is 0 Å². The molecule has 0 N–H and O–H groups in total. The largest absolute Gasteiger partial charge is 0.0688 e. The molecule has 1 aliphatic rings. The van der Waals surface area contributed by atoms with Crippen molar-refractivity contribution in [3.05, 3.63) is 0 Å². The molecule has 0 unspecified atom stereocenters. The fraction of sp³-hybridized carbons (Fsp3) is 1.00. The van der Waals surface area contributed by atoms with Crippen molar-refractivity contribution in [3.8, 4) is 0 Å². The summed E-state index contributed by atoms with van der Waals surface area (Å²) in [5.41, 5.74) is 1.10. The first-order valence-electron chi connectivity index (χ1n) is 5.25. The monoisotopic (exact) mass is 184 g/mol. The molecule has 0 heterocycles. The maximum Gasteiger partial charge on any atom is 0.0559 e. The molecule has 0 spiro atoms. The fourth-order valence-electron chi connectivity index (χ4n) is 2.10. The molecule has 0 aliphatic heterocycles. The lowest BCUT2D eigenvalue weighted by Crippen LogP contribution is -2.46. The molecule has 72 valence electrons. The average Bonchev–Trinajstić information content (AvgIpc) is 1.78. The molecule has 1 heteroatoms. The van der Waals surface area contributed by atoms with Gasteiger partial charge in [0.25, 0.3) is 0 Å². The summed E-state index contributed by atoms with van der Waals surface area (Å²) >= 11 is 0. The lowest BCUT2D eigenvalue weighted by molar-refractivity contribution is 0.329. The molecule has 1 aliphatic carbocycles. The van der Waals surface area contributed by atoms with E-state index in [1.54, 1.807) is 0 Å². The van der Waals surface area contributed by atoms with Gasteiger partial charge in [-0.15, -0.1) is 0 Å². The first kappa shape index (κ1) is 10.3. The molecule has 1 rings (SSSR count). The van der Waals surface area contributed by atoms with Crippen LogP contribution in [0.5, 0.6) is 0 Å². The highest BCUT2D eigenvalue weighted by molar-refractivity contribution is 6.81. The van der Waals surface area contributed by atoms with Gasteiger partial charge in [-0.05, 0) is 16.5 Å². The highest BCUT2D eigenvalue weighted by Crippen LogP contribution is 2.53. The first-order chi connectivity index (χ1) is 5.25. The lowest BCUT2D eigenvalue weighted by atomic mass is 9.86. The summed E-state index contributed by atoms with van der Waals surface area (Å²) in [6.07, 6.45) is 3.02. The van der Waals surface area contributed by atoms with Gasteiger partial charge >= 0.3 is 0 Å². The normalized spacial score (nSPS) is 31.5. The van der Waals surface area contributed by atoms with E-state index in [-0.39, 0.29) is 0 Å². The maximum absolute atomic E-state index is 2.57. The molecule has 0 aromatic rings. The summed E-state index contributed by atoms with van der Waals surface area (Å²) in [7, 11) is -0.963. The van der Waals surface area contributed by atoms with E-state index in [1.807, 2.05) is 0 Å². The van der Waals surface area contributed by atoms with E-state index < -0.39 is 8.07 Å². The Labute approximate surface area is 78.8 Å². The molecular weight excluding hydrogens is 160 g/mol. The Hall–Kier alpha value is 0.217. The molecule has 0 nitrogen and oxygen atoms in total. The minimum Gasteiger partial charge on any atom is -0.0688 e. The first-order valence-corrected chi connectivity index (χ1v) is 8.33. The number of hydrogen-bond donors (Lipinski definition) is 0.